The standard InChI is InChI=1S/C25H22P2.C16H13Si.C15H9.2Au/c1-5-13-22(14-6-1)26(23-15-7-2-8-16-23)21-27(24-17-9-3-10-18-24)25-19-11-4-12-20-25;1-4-12-8-7-10-14-13-9-5-6-11-15(13)17(2,3)16(12)14;1-2-11-7-5-9-14-13-8-4-3-6-12(13)10-15(11)14;;/h1-20H,21H2;5-11H,2-3H3;3-9H,10H2;;/q;2*-1;2*+1/p+2. The van der Waals surface area contributed by atoms with Crippen molar-refractivity contribution in [3.63, 3.8) is 0 Å². The SMILES string of the molecule is [Au+].[Au+].[C-]#Cc1cccc2c1Cc1ccccc1-2.[C-]#Cc1cccc2c1[Si](C)(C)c1ccccc1-2.c1ccc([PH+](C[PH+](c2ccccc2)c2ccccc2)c2ccccc2)cc1. The summed E-state index contributed by atoms with van der Waals surface area (Å²) in [6, 6.07) is 73.8. The first kappa shape index (κ1) is 46.0. The van der Waals surface area contributed by atoms with Crippen LogP contribution in [0.15, 0.2) is 206 Å². The van der Waals surface area contributed by atoms with Crippen LogP contribution in [-0.4, -0.2) is 14.0 Å². The summed E-state index contributed by atoms with van der Waals surface area (Å²) in [5.41, 5.74) is 9.74. The summed E-state index contributed by atoms with van der Waals surface area (Å²) in [5.74, 6) is 6.36. The van der Waals surface area contributed by atoms with Crippen LogP contribution in [0.3, 0.4) is 0 Å². The Hall–Kier alpha value is -4.56. The van der Waals surface area contributed by atoms with E-state index in [0.29, 0.717) is 0 Å². The first-order valence-corrected chi connectivity index (χ1v) is 26.6. The molecule has 8 aromatic rings. The zero-order valence-electron chi connectivity index (χ0n) is 34.1. The van der Waals surface area contributed by atoms with E-state index in [1.165, 1.54) is 70.9 Å². The van der Waals surface area contributed by atoms with Crippen molar-refractivity contribution in [1.82, 2.24) is 0 Å². The quantitative estimate of drug-likeness (QED) is 0.0674. The fourth-order valence-electron chi connectivity index (χ4n) is 8.70. The van der Waals surface area contributed by atoms with Gasteiger partial charge in [-0.05, 0) is 88.0 Å². The van der Waals surface area contributed by atoms with Crippen LogP contribution >= 0.6 is 15.8 Å². The Kier molecular flexibility index (Phi) is 16.2. The number of fused-ring (bicyclic) bond motifs is 6. The minimum absolute atomic E-state index is 0. The molecular formula is C56H46Au2P2Si+2. The van der Waals surface area contributed by atoms with Crippen molar-refractivity contribution < 1.29 is 44.8 Å². The average molecular weight is 1200 g/mol. The molecule has 0 aromatic heterocycles. The van der Waals surface area contributed by atoms with Crippen LogP contribution in [0.2, 0.25) is 13.1 Å². The minimum atomic E-state index is -1.63. The minimum Gasteiger partial charge on any atom is -0.366 e. The number of rotatable bonds is 6. The average Bonchev–Trinajstić information content (AvgIpc) is 3.80. The molecule has 10 rings (SSSR count). The van der Waals surface area contributed by atoms with Gasteiger partial charge in [0.1, 0.15) is 37.1 Å². The zero-order valence-corrected chi connectivity index (χ0v) is 41.5. The van der Waals surface area contributed by atoms with Gasteiger partial charge >= 0.3 is 44.8 Å². The molecular weight excluding hydrogens is 1160 g/mol. The Bertz CT molecular complexity index is 2620. The third-order valence-corrected chi connectivity index (χ3v) is 22.1. The Morgan fingerprint density at radius 2 is 0.820 bits per heavy atom. The Balaban J connectivity index is 0.000000159. The van der Waals surface area contributed by atoms with Gasteiger partial charge in [-0.25, -0.2) is 0 Å². The van der Waals surface area contributed by atoms with Gasteiger partial charge in [-0.15, -0.1) is 34.0 Å². The summed E-state index contributed by atoms with van der Waals surface area (Å²) >= 11 is 0. The monoisotopic (exact) mass is 1200 g/mol. The van der Waals surface area contributed by atoms with E-state index in [9.17, 15) is 0 Å². The molecule has 304 valence electrons. The van der Waals surface area contributed by atoms with Gasteiger partial charge in [0.25, 0.3) is 0 Å². The fourth-order valence-corrected chi connectivity index (χ4v) is 19.8. The van der Waals surface area contributed by atoms with Gasteiger partial charge in [0.2, 0.25) is 0 Å². The molecule has 2 aliphatic rings. The van der Waals surface area contributed by atoms with Gasteiger partial charge in [0.15, 0.2) is 5.90 Å². The van der Waals surface area contributed by atoms with Crippen molar-refractivity contribution in [1.29, 1.82) is 0 Å². The first-order chi connectivity index (χ1) is 29.0. The molecule has 1 aliphatic heterocycles. The van der Waals surface area contributed by atoms with Crippen LogP contribution < -0.4 is 31.6 Å². The molecule has 61 heavy (non-hydrogen) atoms. The van der Waals surface area contributed by atoms with Crippen LogP contribution in [0, 0.1) is 24.7 Å². The third-order valence-electron chi connectivity index (χ3n) is 11.5. The molecule has 0 N–H and O–H groups in total. The summed E-state index contributed by atoms with van der Waals surface area (Å²) < 4.78 is 0. The van der Waals surface area contributed by atoms with Gasteiger partial charge in [-0.3, -0.25) is 11.8 Å². The van der Waals surface area contributed by atoms with Crippen LogP contribution in [0.25, 0.3) is 22.3 Å². The van der Waals surface area contributed by atoms with Gasteiger partial charge < -0.3 is 12.8 Å². The summed E-state index contributed by atoms with van der Waals surface area (Å²) in [6.07, 6.45) is 15.7. The molecule has 0 saturated carbocycles. The van der Waals surface area contributed by atoms with Gasteiger partial charge in [0, 0.05) is 0 Å². The van der Waals surface area contributed by atoms with E-state index in [2.05, 4.69) is 207 Å². The van der Waals surface area contributed by atoms with Crippen LogP contribution in [0.4, 0.5) is 0 Å². The second kappa shape index (κ2) is 21.5. The fraction of sp³-hybridized carbons (Fsp3) is 0.0714. The van der Waals surface area contributed by atoms with Crippen LogP contribution in [-0.2, 0) is 51.2 Å². The van der Waals surface area contributed by atoms with Gasteiger partial charge in [-0.1, -0.05) is 159 Å². The molecule has 0 atom stereocenters. The molecule has 0 fully saturated rings. The van der Waals surface area contributed by atoms with E-state index in [1.807, 2.05) is 24.3 Å². The maximum Gasteiger partial charge on any atom is 1.00 e. The molecule has 0 unspecified atom stereocenters. The second-order valence-corrected chi connectivity index (χ2v) is 25.3. The molecule has 0 nitrogen and oxygen atoms in total. The second-order valence-electron chi connectivity index (χ2n) is 15.4. The largest absolute Gasteiger partial charge is 1.00 e. The number of benzene rings is 8. The van der Waals surface area contributed by atoms with Crippen LogP contribution in [0.1, 0.15) is 22.3 Å². The Morgan fingerprint density at radius 3 is 1.31 bits per heavy atom. The summed E-state index contributed by atoms with van der Waals surface area (Å²) in [4.78, 5) is 0. The predicted octanol–water partition coefficient (Wildman–Crippen LogP) is 10.3. The van der Waals surface area contributed by atoms with E-state index in [-0.39, 0.29) is 44.8 Å². The first-order valence-electron chi connectivity index (χ1n) is 20.2. The molecule has 8 aromatic carbocycles. The zero-order chi connectivity index (χ0) is 40.6. The van der Waals surface area contributed by atoms with E-state index >= 15 is 0 Å². The van der Waals surface area contributed by atoms with Gasteiger partial charge in [0.05, 0.1) is 8.07 Å². The molecule has 0 bridgehead atoms. The van der Waals surface area contributed by atoms with Crippen molar-refractivity contribution >= 4 is 55.5 Å². The van der Waals surface area contributed by atoms with E-state index in [1.54, 1.807) is 0 Å². The Labute approximate surface area is 397 Å². The van der Waals surface area contributed by atoms with Crippen LogP contribution in [0.5, 0.6) is 0 Å². The molecule has 1 heterocycles. The maximum absolute atomic E-state index is 7.47. The summed E-state index contributed by atoms with van der Waals surface area (Å²) in [7, 11) is -3.32. The molecule has 0 saturated heterocycles. The smallest absolute Gasteiger partial charge is 0.366 e. The number of hydrogen-bond donors (Lipinski definition) is 0. The number of hydrogen-bond acceptors (Lipinski definition) is 0. The van der Waals surface area contributed by atoms with E-state index in [4.69, 9.17) is 12.8 Å². The van der Waals surface area contributed by atoms with Crippen molar-refractivity contribution in [2.45, 2.75) is 19.5 Å². The van der Waals surface area contributed by atoms with Crippen molar-refractivity contribution in [2.24, 2.45) is 0 Å². The summed E-state index contributed by atoms with van der Waals surface area (Å²) in [5, 5.41) is 8.87. The molecule has 5 heteroatoms. The predicted molar refractivity (Wildman–Crippen MR) is 262 cm³/mol. The Morgan fingerprint density at radius 1 is 0.426 bits per heavy atom. The third kappa shape index (κ3) is 10.1. The van der Waals surface area contributed by atoms with E-state index < -0.39 is 23.9 Å². The normalized spacial score (nSPS) is 11.9. The van der Waals surface area contributed by atoms with Crippen molar-refractivity contribution in [3.05, 3.63) is 241 Å². The molecule has 0 spiro atoms. The topological polar surface area (TPSA) is 0 Å². The molecule has 1 aliphatic carbocycles. The molecule has 0 amide bonds. The molecule has 0 radical (unpaired) electrons. The summed E-state index contributed by atoms with van der Waals surface area (Å²) in [6.45, 7) is 4.72. The van der Waals surface area contributed by atoms with Crippen molar-refractivity contribution in [2.75, 3.05) is 5.90 Å². The van der Waals surface area contributed by atoms with Crippen molar-refractivity contribution in [3.8, 4) is 34.1 Å². The van der Waals surface area contributed by atoms with Gasteiger partial charge in [-0.2, -0.15) is 0 Å². The maximum atomic E-state index is 7.47. The van der Waals surface area contributed by atoms with E-state index in [0.717, 1.165) is 17.5 Å².